The minimum absolute atomic E-state index is 0.110. The molecule has 1 aliphatic rings. The number of ether oxygens (including phenoxy) is 1. The predicted molar refractivity (Wildman–Crippen MR) is 134 cm³/mol. The predicted octanol–water partition coefficient (Wildman–Crippen LogP) is 3.04. The quantitative estimate of drug-likeness (QED) is 0.537. The second-order valence-electron chi connectivity index (χ2n) is 9.20. The highest BCUT2D eigenvalue weighted by atomic mass is 32.2. The van der Waals surface area contributed by atoms with Gasteiger partial charge in [-0.25, -0.2) is 8.42 Å². The standard InChI is InChI=1S/C26H32N4O4S/c1-19-15-30(20(2)18-31)35(32,33)26-7-6-22(23-5-4-10-28-14-23)13-24(26)34-25(19)17-29(3)16-21-8-11-27-12-9-21/h4-14,19-20,25,31H,15-18H2,1-3H3/t19-,20-,25+/m1/s1. The van der Waals surface area contributed by atoms with Gasteiger partial charge in [0.15, 0.2) is 0 Å². The van der Waals surface area contributed by atoms with E-state index in [1.165, 1.54) is 4.31 Å². The lowest BCUT2D eigenvalue weighted by molar-refractivity contribution is 0.0734. The molecule has 0 fully saturated rings. The maximum Gasteiger partial charge on any atom is 0.247 e. The van der Waals surface area contributed by atoms with Crippen LogP contribution < -0.4 is 4.74 Å². The molecule has 0 amide bonds. The molecule has 0 aliphatic carbocycles. The topological polar surface area (TPSA) is 95.9 Å². The maximum atomic E-state index is 13.6. The molecule has 1 N–H and O–H groups in total. The lowest BCUT2D eigenvalue weighted by Gasteiger charge is -2.37. The average Bonchev–Trinajstić information content (AvgIpc) is 2.86. The highest BCUT2D eigenvalue weighted by molar-refractivity contribution is 7.89. The fourth-order valence-corrected chi connectivity index (χ4v) is 6.15. The van der Waals surface area contributed by atoms with Gasteiger partial charge in [-0.1, -0.05) is 19.1 Å². The Morgan fingerprint density at radius 3 is 2.60 bits per heavy atom. The van der Waals surface area contributed by atoms with Crippen molar-refractivity contribution in [3.63, 3.8) is 0 Å². The van der Waals surface area contributed by atoms with Gasteiger partial charge in [0.05, 0.1) is 6.61 Å². The molecule has 3 heterocycles. The third kappa shape index (κ3) is 5.70. The Hall–Kier alpha value is -2.85. The normalized spacial score (nSPS) is 20.9. The zero-order chi connectivity index (χ0) is 25.0. The molecule has 3 aromatic rings. The Morgan fingerprint density at radius 2 is 1.91 bits per heavy atom. The molecule has 1 aromatic carbocycles. The van der Waals surface area contributed by atoms with Crippen LogP contribution in [0.4, 0.5) is 0 Å². The molecule has 0 saturated heterocycles. The molecule has 0 bridgehead atoms. The Balaban J connectivity index is 1.72. The van der Waals surface area contributed by atoms with E-state index in [0.29, 0.717) is 18.8 Å². The first-order valence-electron chi connectivity index (χ1n) is 11.7. The third-order valence-electron chi connectivity index (χ3n) is 6.36. The number of sulfonamides is 1. The summed E-state index contributed by atoms with van der Waals surface area (Å²) in [5.41, 5.74) is 2.84. The molecule has 1 aliphatic heterocycles. The van der Waals surface area contributed by atoms with Crippen molar-refractivity contribution in [2.24, 2.45) is 5.92 Å². The number of rotatable bonds is 7. The molecule has 35 heavy (non-hydrogen) atoms. The summed E-state index contributed by atoms with van der Waals surface area (Å²) in [7, 11) is -1.85. The van der Waals surface area contributed by atoms with Crippen molar-refractivity contribution < 1.29 is 18.3 Å². The zero-order valence-corrected chi connectivity index (χ0v) is 21.1. The van der Waals surface area contributed by atoms with E-state index in [1.807, 2.05) is 38.2 Å². The summed E-state index contributed by atoms with van der Waals surface area (Å²) in [5.74, 6) is 0.198. The molecule has 2 aromatic heterocycles. The van der Waals surface area contributed by atoms with Crippen LogP contribution in [0, 0.1) is 5.92 Å². The van der Waals surface area contributed by atoms with Crippen molar-refractivity contribution in [3.05, 3.63) is 72.8 Å². The van der Waals surface area contributed by atoms with E-state index in [1.54, 1.807) is 49.9 Å². The molecule has 3 atom stereocenters. The van der Waals surface area contributed by atoms with Gasteiger partial charge in [0.25, 0.3) is 0 Å². The van der Waals surface area contributed by atoms with Crippen LogP contribution in [0.1, 0.15) is 19.4 Å². The first-order valence-corrected chi connectivity index (χ1v) is 13.1. The first-order chi connectivity index (χ1) is 16.8. The average molecular weight is 497 g/mol. The van der Waals surface area contributed by atoms with Crippen molar-refractivity contribution in [3.8, 4) is 16.9 Å². The Morgan fingerprint density at radius 1 is 1.14 bits per heavy atom. The lowest BCUT2D eigenvalue weighted by Crippen LogP contribution is -2.49. The van der Waals surface area contributed by atoms with E-state index in [0.717, 1.165) is 16.7 Å². The number of aromatic nitrogens is 2. The van der Waals surface area contributed by atoms with Crippen molar-refractivity contribution in [2.75, 3.05) is 26.7 Å². The fourth-order valence-electron chi connectivity index (χ4n) is 4.33. The number of aliphatic hydroxyl groups excluding tert-OH is 1. The van der Waals surface area contributed by atoms with Gasteiger partial charge >= 0.3 is 0 Å². The number of likely N-dealkylation sites (N-methyl/N-ethyl adjacent to an activating group) is 1. The van der Waals surface area contributed by atoms with E-state index in [9.17, 15) is 13.5 Å². The summed E-state index contributed by atoms with van der Waals surface area (Å²) in [6, 6.07) is 12.3. The molecule has 0 spiro atoms. The van der Waals surface area contributed by atoms with Gasteiger partial charge in [0, 0.05) is 61.9 Å². The Bertz CT molecular complexity index is 1220. The van der Waals surface area contributed by atoms with Gasteiger partial charge in [-0.2, -0.15) is 4.31 Å². The Kier molecular flexibility index (Phi) is 7.81. The summed E-state index contributed by atoms with van der Waals surface area (Å²) in [4.78, 5) is 10.5. The molecule has 8 nitrogen and oxygen atoms in total. The molecule has 4 rings (SSSR count). The van der Waals surface area contributed by atoms with E-state index < -0.39 is 16.1 Å². The minimum atomic E-state index is -3.87. The summed E-state index contributed by atoms with van der Waals surface area (Å²) >= 11 is 0. The Labute approximate surface area is 207 Å². The molecule has 0 saturated carbocycles. The van der Waals surface area contributed by atoms with Crippen LogP contribution in [0.2, 0.25) is 0 Å². The molecule has 186 valence electrons. The lowest BCUT2D eigenvalue weighted by atomic mass is 10.0. The van der Waals surface area contributed by atoms with Crippen molar-refractivity contribution >= 4 is 10.0 Å². The van der Waals surface area contributed by atoms with Crippen LogP contribution in [-0.2, 0) is 16.6 Å². The van der Waals surface area contributed by atoms with Gasteiger partial charge in [-0.15, -0.1) is 0 Å². The largest absolute Gasteiger partial charge is 0.487 e. The van der Waals surface area contributed by atoms with Crippen LogP contribution in [0.25, 0.3) is 11.1 Å². The van der Waals surface area contributed by atoms with Crippen LogP contribution in [-0.4, -0.2) is 71.6 Å². The molecule has 0 unspecified atom stereocenters. The number of fused-ring (bicyclic) bond motifs is 1. The number of aliphatic hydroxyl groups is 1. The maximum absolute atomic E-state index is 13.6. The molecule has 0 radical (unpaired) electrons. The van der Waals surface area contributed by atoms with Crippen molar-refractivity contribution in [1.29, 1.82) is 0 Å². The fraction of sp³-hybridized carbons (Fsp3) is 0.385. The SMILES string of the molecule is C[C@@H]1CN([C@H](C)CO)S(=O)(=O)c2ccc(-c3cccnc3)cc2O[C@H]1CN(C)Cc1ccncc1. The van der Waals surface area contributed by atoms with Crippen molar-refractivity contribution in [1.82, 2.24) is 19.2 Å². The smallest absolute Gasteiger partial charge is 0.247 e. The van der Waals surface area contributed by atoms with Gasteiger partial charge in [-0.3, -0.25) is 14.9 Å². The molecular weight excluding hydrogens is 464 g/mol. The summed E-state index contributed by atoms with van der Waals surface area (Å²) < 4.78 is 35.2. The van der Waals surface area contributed by atoms with Crippen LogP contribution >= 0.6 is 0 Å². The molecule has 9 heteroatoms. The van der Waals surface area contributed by atoms with Gasteiger partial charge in [0.1, 0.15) is 16.7 Å². The number of hydrogen-bond acceptors (Lipinski definition) is 7. The zero-order valence-electron chi connectivity index (χ0n) is 20.3. The number of hydrogen-bond donors (Lipinski definition) is 1. The van der Waals surface area contributed by atoms with Crippen molar-refractivity contribution in [2.45, 2.75) is 37.4 Å². The van der Waals surface area contributed by atoms with E-state index >= 15 is 0 Å². The second-order valence-corrected chi connectivity index (χ2v) is 11.1. The third-order valence-corrected chi connectivity index (χ3v) is 8.37. The van der Waals surface area contributed by atoms with Gasteiger partial charge in [-0.05, 0) is 55.4 Å². The molecular formula is C26H32N4O4S. The van der Waals surface area contributed by atoms with Gasteiger partial charge < -0.3 is 9.84 Å². The van der Waals surface area contributed by atoms with Crippen LogP contribution in [0.5, 0.6) is 5.75 Å². The monoisotopic (exact) mass is 496 g/mol. The summed E-state index contributed by atoms with van der Waals surface area (Å²) in [6.45, 7) is 5.02. The van der Waals surface area contributed by atoms with E-state index in [4.69, 9.17) is 4.74 Å². The van der Waals surface area contributed by atoms with Crippen LogP contribution in [0.15, 0.2) is 72.1 Å². The number of nitrogens with zero attached hydrogens (tertiary/aromatic N) is 4. The second kappa shape index (κ2) is 10.8. The highest BCUT2D eigenvalue weighted by Gasteiger charge is 2.38. The number of pyridine rings is 2. The first kappa shape index (κ1) is 25.2. The van der Waals surface area contributed by atoms with Gasteiger partial charge in [0.2, 0.25) is 10.0 Å². The minimum Gasteiger partial charge on any atom is -0.487 e. The van der Waals surface area contributed by atoms with Crippen LogP contribution in [0.3, 0.4) is 0 Å². The van der Waals surface area contributed by atoms with E-state index in [2.05, 4.69) is 14.9 Å². The summed E-state index contributed by atoms with van der Waals surface area (Å²) in [5, 5.41) is 9.83. The number of benzene rings is 1. The summed E-state index contributed by atoms with van der Waals surface area (Å²) in [6.07, 6.45) is 6.71. The highest BCUT2D eigenvalue weighted by Crippen LogP contribution is 2.36. The van der Waals surface area contributed by atoms with E-state index in [-0.39, 0.29) is 30.1 Å².